The lowest BCUT2D eigenvalue weighted by Gasteiger charge is -2.24. The number of guanidine groups is 1. The summed E-state index contributed by atoms with van der Waals surface area (Å²) in [6.07, 6.45) is 6.20. The molecule has 0 fully saturated rings. The Bertz CT molecular complexity index is 874. The Kier molecular flexibility index (Phi) is 5.92. The van der Waals surface area contributed by atoms with Crippen LogP contribution in [0, 0.1) is 0 Å². The fraction of sp³-hybridized carbons (Fsp3) is 0.545. The van der Waals surface area contributed by atoms with Crippen molar-refractivity contribution in [1.82, 2.24) is 20.4 Å². The van der Waals surface area contributed by atoms with Gasteiger partial charge in [-0.05, 0) is 56.4 Å². The van der Waals surface area contributed by atoms with E-state index in [2.05, 4.69) is 52.5 Å². The predicted octanol–water partition coefficient (Wildman–Crippen LogP) is 2.50. The van der Waals surface area contributed by atoms with Gasteiger partial charge in [0, 0.05) is 38.3 Å². The second-order valence-corrected chi connectivity index (χ2v) is 7.99. The molecule has 0 saturated heterocycles. The van der Waals surface area contributed by atoms with Crippen LogP contribution in [-0.4, -0.2) is 48.6 Å². The summed E-state index contributed by atoms with van der Waals surface area (Å²) in [6.45, 7) is 6.38. The van der Waals surface area contributed by atoms with Gasteiger partial charge in [-0.2, -0.15) is 5.10 Å². The first-order valence-corrected chi connectivity index (χ1v) is 10.5. The Labute approximate surface area is 172 Å². The van der Waals surface area contributed by atoms with Gasteiger partial charge in [0.1, 0.15) is 13.2 Å². The highest BCUT2D eigenvalue weighted by molar-refractivity contribution is 5.80. The molecule has 0 saturated carbocycles. The number of hydrogen-bond acceptors (Lipinski definition) is 4. The molecule has 1 aromatic heterocycles. The van der Waals surface area contributed by atoms with E-state index in [0.29, 0.717) is 25.3 Å². The second-order valence-electron chi connectivity index (χ2n) is 7.99. The molecule has 1 aliphatic heterocycles. The summed E-state index contributed by atoms with van der Waals surface area (Å²) in [4.78, 5) is 4.40. The minimum atomic E-state index is 0.360. The molecule has 156 valence electrons. The molecule has 1 atom stereocenters. The number of ether oxygens (including phenoxy) is 2. The molecule has 2 heterocycles. The first-order valence-electron chi connectivity index (χ1n) is 10.5. The number of aliphatic imine (C=N–C) groups is 1. The van der Waals surface area contributed by atoms with Crippen LogP contribution in [0.3, 0.4) is 0 Å². The van der Waals surface area contributed by atoms with Crippen molar-refractivity contribution in [1.29, 1.82) is 0 Å². The molecule has 2 N–H and O–H groups in total. The Morgan fingerprint density at radius 1 is 1.28 bits per heavy atom. The molecule has 1 unspecified atom stereocenters. The number of aromatic nitrogens is 2. The number of hydrogen-bond donors (Lipinski definition) is 2. The van der Waals surface area contributed by atoms with Crippen LogP contribution in [0.5, 0.6) is 11.5 Å². The molecule has 1 aliphatic carbocycles. The maximum Gasteiger partial charge on any atom is 0.191 e. The van der Waals surface area contributed by atoms with E-state index in [1.165, 1.54) is 16.8 Å². The fourth-order valence-electron chi connectivity index (χ4n) is 3.86. The third-order valence-electron chi connectivity index (χ3n) is 5.50. The normalized spacial score (nSPS) is 18.5. The van der Waals surface area contributed by atoms with Gasteiger partial charge in [-0.3, -0.25) is 9.67 Å². The molecule has 7 nitrogen and oxygen atoms in total. The van der Waals surface area contributed by atoms with Crippen molar-refractivity contribution >= 4 is 5.96 Å². The molecule has 0 bridgehead atoms. The van der Waals surface area contributed by atoms with Crippen molar-refractivity contribution in [2.24, 2.45) is 4.99 Å². The van der Waals surface area contributed by atoms with Gasteiger partial charge >= 0.3 is 0 Å². The SMILES string of the molecule is CN=C(NCCc1ccc2c(c1)OCCO2)NC1CCc2cn(C(C)C)nc2C1. The van der Waals surface area contributed by atoms with Gasteiger partial charge in [0.05, 0.1) is 5.69 Å². The summed E-state index contributed by atoms with van der Waals surface area (Å²) in [6, 6.07) is 6.92. The lowest BCUT2D eigenvalue weighted by Crippen LogP contribution is -2.46. The van der Waals surface area contributed by atoms with Crippen LogP contribution >= 0.6 is 0 Å². The third-order valence-corrected chi connectivity index (χ3v) is 5.50. The minimum Gasteiger partial charge on any atom is -0.486 e. The number of aryl methyl sites for hydroxylation is 1. The highest BCUT2D eigenvalue weighted by atomic mass is 16.6. The molecular weight excluding hydrogens is 366 g/mol. The number of nitrogens with zero attached hydrogens (tertiary/aromatic N) is 3. The van der Waals surface area contributed by atoms with Gasteiger partial charge in [-0.25, -0.2) is 0 Å². The summed E-state index contributed by atoms with van der Waals surface area (Å²) >= 11 is 0. The van der Waals surface area contributed by atoms with Crippen molar-refractivity contribution in [3.63, 3.8) is 0 Å². The molecule has 2 aliphatic rings. The summed E-state index contributed by atoms with van der Waals surface area (Å²) in [5, 5.41) is 11.8. The van der Waals surface area contributed by atoms with E-state index in [0.717, 1.165) is 49.7 Å². The van der Waals surface area contributed by atoms with Crippen LogP contribution in [0.15, 0.2) is 29.4 Å². The maximum atomic E-state index is 5.67. The van der Waals surface area contributed by atoms with Crippen LogP contribution in [-0.2, 0) is 19.3 Å². The zero-order valence-electron chi connectivity index (χ0n) is 17.6. The van der Waals surface area contributed by atoms with E-state index in [1.807, 2.05) is 13.1 Å². The highest BCUT2D eigenvalue weighted by Crippen LogP contribution is 2.30. The highest BCUT2D eigenvalue weighted by Gasteiger charge is 2.23. The van der Waals surface area contributed by atoms with E-state index in [-0.39, 0.29) is 0 Å². The van der Waals surface area contributed by atoms with E-state index in [9.17, 15) is 0 Å². The quantitative estimate of drug-likeness (QED) is 0.599. The van der Waals surface area contributed by atoms with E-state index >= 15 is 0 Å². The zero-order valence-corrected chi connectivity index (χ0v) is 17.6. The molecule has 29 heavy (non-hydrogen) atoms. The number of rotatable bonds is 5. The molecule has 0 amide bonds. The lowest BCUT2D eigenvalue weighted by atomic mass is 9.94. The Morgan fingerprint density at radius 2 is 2.10 bits per heavy atom. The average molecular weight is 398 g/mol. The molecule has 2 aromatic rings. The van der Waals surface area contributed by atoms with Gasteiger partial charge in [0.2, 0.25) is 0 Å². The lowest BCUT2D eigenvalue weighted by molar-refractivity contribution is 0.171. The van der Waals surface area contributed by atoms with Crippen molar-refractivity contribution in [3.05, 3.63) is 41.2 Å². The Morgan fingerprint density at radius 3 is 2.90 bits per heavy atom. The number of fused-ring (bicyclic) bond motifs is 2. The van der Waals surface area contributed by atoms with Crippen LogP contribution in [0.2, 0.25) is 0 Å². The van der Waals surface area contributed by atoms with Gasteiger partial charge in [-0.1, -0.05) is 6.07 Å². The maximum absolute atomic E-state index is 5.67. The van der Waals surface area contributed by atoms with E-state index < -0.39 is 0 Å². The smallest absolute Gasteiger partial charge is 0.191 e. The third kappa shape index (κ3) is 4.66. The summed E-state index contributed by atoms with van der Waals surface area (Å²) in [5.41, 5.74) is 3.83. The molecule has 4 rings (SSSR count). The van der Waals surface area contributed by atoms with Crippen molar-refractivity contribution in [2.75, 3.05) is 26.8 Å². The molecule has 7 heteroatoms. The first kappa shape index (κ1) is 19.6. The molecule has 1 aromatic carbocycles. The van der Waals surface area contributed by atoms with E-state index in [1.54, 1.807) is 0 Å². The van der Waals surface area contributed by atoms with Gasteiger partial charge < -0.3 is 20.1 Å². The van der Waals surface area contributed by atoms with Crippen LogP contribution in [0.1, 0.15) is 43.1 Å². The van der Waals surface area contributed by atoms with Gasteiger partial charge in [-0.15, -0.1) is 0 Å². The minimum absolute atomic E-state index is 0.360. The largest absolute Gasteiger partial charge is 0.486 e. The van der Waals surface area contributed by atoms with Gasteiger partial charge in [0.25, 0.3) is 0 Å². The van der Waals surface area contributed by atoms with Gasteiger partial charge in [0.15, 0.2) is 17.5 Å². The molecule has 0 radical (unpaired) electrons. The Hall–Kier alpha value is -2.70. The second kappa shape index (κ2) is 8.76. The van der Waals surface area contributed by atoms with Crippen LogP contribution < -0.4 is 20.1 Å². The zero-order chi connectivity index (χ0) is 20.2. The monoisotopic (exact) mass is 397 g/mol. The summed E-state index contributed by atoms with van der Waals surface area (Å²) in [7, 11) is 1.82. The first-order chi connectivity index (χ1) is 14.1. The molecule has 0 spiro atoms. The van der Waals surface area contributed by atoms with Crippen LogP contribution in [0.4, 0.5) is 0 Å². The Balaban J connectivity index is 1.28. The average Bonchev–Trinajstić information content (AvgIpc) is 3.17. The summed E-state index contributed by atoms with van der Waals surface area (Å²) in [5.74, 6) is 2.52. The fourth-order valence-corrected chi connectivity index (χ4v) is 3.86. The van der Waals surface area contributed by atoms with Crippen molar-refractivity contribution in [3.8, 4) is 11.5 Å². The van der Waals surface area contributed by atoms with Crippen molar-refractivity contribution < 1.29 is 9.47 Å². The van der Waals surface area contributed by atoms with Crippen LogP contribution in [0.25, 0.3) is 0 Å². The molecular formula is C22H31N5O2. The standard InChI is InChI=1S/C22H31N5O2/c1-15(2)27-14-17-5-6-18(13-19(17)26-27)25-22(23-3)24-9-8-16-4-7-20-21(12-16)29-11-10-28-20/h4,7,12,14-15,18H,5-6,8-11,13H2,1-3H3,(H2,23,24,25). The number of benzene rings is 1. The number of nitrogens with one attached hydrogen (secondary N) is 2. The summed E-state index contributed by atoms with van der Waals surface area (Å²) < 4.78 is 13.3. The predicted molar refractivity (Wildman–Crippen MR) is 114 cm³/mol. The van der Waals surface area contributed by atoms with E-state index in [4.69, 9.17) is 14.6 Å². The topological polar surface area (TPSA) is 72.7 Å². The van der Waals surface area contributed by atoms with Crippen molar-refractivity contribution in [2.45, 2.75) is 51.6 Å².